The number of rotatable bonds is 11. The molecule has 8 heteroatoms. The summed E-state index contributed by atoms with van der Waals surface area (Å²) < 4.78 is 5.68. The van der Waals surface area contributed by atoms with Gasteiger partial charge in [0.1, 0.15) is 0 Å². The first kappa shape index (κ1) is 21.8. The summed E-state index contributed by atoms with van der Waals surface area (Å²) in [7, 11) is 0. The topological polar surface area (TPSA) is 119 Å². The molecule has 3 N–H and O–H groups in total. The Morgan fingerprint density at radius 3 is 2.19 bits per heavy atom. The van der Waals surface area contributed by atoms with E-state index in [0.29, 0.717) is 12.8 Å². The van der Waals surface area contributed by atoms with Gasteiger partial charge in [-0.15, -0.1) is 0 Å². The molecule has 1 aliphatic rings. The Morgan fingerprint density at radius 2 is 1.65 bits per heavy atom. The second-order valence-electron chi connectivity index (χ2n) is 7.67. The average Bonchev–Trinajstić information content (AvgIpc) is 2.81. The van der Waals surface area contributed by atoms with E-state index in [1.54, 1.807) is 0 Å². The summed E-state index contributed by atoms with van der Waals surface area (Å²) in [5.74, 6) is -1.41. The monoisotopic (exact) mass is 367 g/mol. The molecule has 0 bridgehead atoms. The van der Waals surface area contributed by atoms with Crippen LogP contribution in [0.4, 0.5) is 0 Å². The molecule has 0 fully saturated rings. The van der Waals surface area contributed by atoms with Gasteiger partial charge in [-0.3, -0.25) is 24.1 Å². The number of hydrogen-bond donors (Lipinski definition) is 2. The van der Waals surface area contributed by atoms with Gasteiger partial charge in [0, 0.05) is 37.1 Å². The maximum atomic E-state index is 12.1. The van der Waals surface area contributed by atoms with Gasteiger partial charge in [0.2, 0.25) is 11.8 Å². The van der Waals surface area contributed by atoms with Gasteiger partial charge in [0.05, 0.1) is 12.2 Å². The molecular weight excluding hydrogens is 338 g/mol. The fourth-order valence-corrected chi connectivity index (χ4v) is 2.48. The first-order valence-electron chi connectivity index (χ1n) is 8.69. The van der Waals surface area contributed by atoms with Crippen LogP contribution < -0.4 is 11.1 Å². The van der Waals surface area contributed by atoms with Crippen molar-refractivity contribution in [3.05, 3.63) is 12.2 Å². The van der Waals surface area contributed by atoms with Crippen LogP contribution in [-0.2, 0) is 23.9 Å². The van der Waals surface area contributed by atoms with Crippen LogP contribution in [0, 0.1) is 0 Å². The Hall–Kier alpha value is -2.22. The van der Waals surface area contributed by atoms with Gasteiger partial charge >= 0.3 is 0 Å². The van der Waals surface area contributed by atoms with E-state index in [4.69, 9.17) is 10.5 Å². The number of primary amides is 1. The van der Waals surface area contributed by atoms with Crippen molar-refractivity contribution >= 4 is 23.6 Å². The number of carbonyl (C=O) groups excluding carboxylic acids is 4. The predicted molar refractivity (Wildman–Crippen MR) is 95.8 cm³/mol. The molecular formula is C18H29N3O5. The molecule has 0 aromatic carbocycles. The van der Waals surface area contributed by atoms with Gasteiger partial charge in [-0.05, 0) is 40.5 Å². The van der Waals surface area contributed by atoms with E-state index in [9.17, 15) is 19.2 Å². The minimum atomic E-state index is -0.474. The lowest BCUT2D eigenvalue weighted by Gasteiger charge is -2.32. The van der Waals surface area contributed by atoms with Crippen molar-refractivity contribution in [2.24, 2.45) is 5.73 Å². The van der Waals surface area contributed by atoms with Crippen LogP contribution in [0.5, 0.6) is 0 Å². The van der Waals surface area contributed by atoms with Crippen LogP contribution in [0.3, 0.4) is 0 Å². The second kappa shape index (κ2) is 8.93. The van der Waals surface area contributed by atoms with Gasteiger partial charge in [0.25, 0.3) is 11.8 Å². The number of ether oxygens (including phenoxy) is 1. The van der Waals surface area contributed by atoms with Crippen LogP contribution in [-0.4, -0.2) is 52.8 Å². The molecule has 1 heterocycles. The predicted octanol–water partition coefficient (Wildman–Crippen LogP) is 0.647. The Morgan fingerprint density at radius 1 is 1.08 bits per heavy atom. The van der Waals surface area contributed by atoms with Crippen LogP contribution in [0.25, 0.3) is 0 Å². The minimum Gasteiger partial charge on any atom is -0.375 e. The first-order chi connectivity index (χ1) is 11.9. The van der Waals surface area contributed by atoms with Crippen LogP contribution in [0.1, 0.15) is 53.4 Å². The number of amides is 4. The normalized spacial score (nSPS) is 14.8. The molecule has 146 valence electrons. The molecule has 26 heavy (non-hydrogen) atoms. The van der Waals surface area contributed by atoms with E-state index in [1.807, 2.05) is 27.7 Å². The molecule has 0 radical (unpaired) electrons. The molecule has 0 saturated carbocycles. The smallest absolute Gasteiger partial charge is 0.253 e. The van der Waals surface area contributed by atoms with Gasteiger partial charge in [-0.2, -0.15) is 0 Å². The average molecular weight is 367 g/mol. The summed E-state index contributed by atoms with van der Waals surface area (Å²) in [6.07, 6.45) is 3.96. The Bertz CT molecular complexity index is 578. The summed E-state index contributed by atoms with van der Waals surface area (Å²) in [5.41, 5.74) is 4.17. The number of hydrogen-bond acceptors (Lipinski definition) is 5. The third kappa shape index (κ3) is 7.77. The summed E-state index contributed by atoms with van der Waals surface area (Å²) in [6.45, 7) is 7.97. The molecule has 4 amide bonds. The maximum absolute atomic E-state index is 12.1. The Kier molecular flexibility index (Phi) is 7.50. The van der Waals surface area contributed by atoms with Crippen molar-refractivity contribution in [2.45, 2.75) is 64.5 Å². The van der Waals surface area contributed by atoms with E-state index in [0.717, 1.165) is 4.90 Å². The fraction of sp³-hybridized carbons (Fsp3) is 0.667. The molecule has 1 aliphatic heterocycles. The van der Waals surface area contributed by atoms with Gasteiger partial charge < -0.3 is 15.8 Å². The zero-order valence-electron chi connectivity index (χ0n) is 16.0. The Balaban J connectivity index is 2.37. The van der Waals surface area contributed by atoms with Gasteiger partial charge in [-0.1, -0.05) is 0 Å². The summed E-state index contributed by atoms with van der Waals surface area (Å²) >= 11 is 0. The lowest BCUT2D eigenvalue weighted by molar-refractivity contribution is -0.137. The van der Waals surface area contributed by atoms with Crippen LogP contribution >= 0.6 is 0 Å². The van der Waals surface area contributed by atoms with E-state index < -0.39 is 28.9 Å². The number of nitrogens with two attached hydrogens (primary N) is 1. The summed E-state index contributed by atoms with van der Waals surface area (Å²) in [6, 6.07) is 0. The zero-order valence-corrected chi connectivity index (χ0v) is 16.0. The molecule has 8 nitrogen and oxygen atoms in total. The molecule has 0 aromatic rings. The number of nitrogens with one attached hydrogen (secondary N) is 1. The number of nitrogens with zero attached hydrogens (tertiary/aromatic N) is 1. The fourth-order valence-electron chi connectivity index (χ4n) is 2.48. The van der Waals surface area contributed by atoms with E-state index in [1.165, 1.54) is 12.2 Å². The third-order valence-corrected chi connectivity index (χ3v) is 4.13. The van der Waals surface area contributed by atoms with Crippen LogP contribution in [0.2, 0.25) is 0 Å². The second-order valence-corrected chi connectivity index (χ2v) is 7.67. The molecule has 0 aliphatic carbocycles. The largest absolute Gasteiger partial charge is 0.375 e. The molecule has 0 saturated heterocycles. The van der Waals surface area contributed by atoms with Crippen molar-refractivity contribution in [1.82, 2.24) is 10.2 Å². The Labute approximate surface area is 154 Å². The lowest BCUT2D eigenvalue weighted by atomic mass is 9.91. The van der Waals surface area contributed by atoms with Crippen molar-refractivity contribution in [3.63, 3.8) is 0 Å². The first-order valence-corrected chi connectivity index (χ1v) is 8.69. The standard InChI is InChI=1S/C18H29N3O5/c1-17(2,9-10-18(3,4)26-12-8-13(19)22)20-14(23)7-11-21-15(24)5-6-16(21)25/h5-6H,7-12H2,1-4H3,(H2,19,22)(H,20,23). The molecule has 0 atom stereocenters. The van der Waals surface area contributed by atoms with Crippen molar-refractivity contribution in [3.8, 4) is 0 Å². The summed E-state index contributed by atoms with van der Waals surface area (Å²) in [4.78, 5) is 46.9. The zero-order chi connectivity index (χ0) is 20.0. The number of imide groups is 1. The van der Waals surface area contributed by atoms with Crippen molar-refractivity contribution in [2.75, 3.05) is 13.2 Å². The molecule has 0 unspecified atom stereocenters. The van der Waals surface area contributed by atoms with Gasteiger partial charge in [-0.25, -0.2) is 0 Å². The number of carbonyl (C=O) groups is 4. The lowest BCUT2D eigenvalue weighted by Crippen LogP contribution is -2.46. The van der Waals surface area contributed by atoms with E-state index in [-0.39, 0.29) is 31.9 Å². The SMILES string of the molecule is CC(C)(CCC(C)(C)OCCC(N)=O)NC(=O)CCN1C(=O)C=CC1=O. The highest BCUT2D eigenvalue weighted by atomic mass is 16.5. The highest BCUT2D eigenvalue weighted by Crippen LogP contribution is 2.22. The molecule has 0 spiro atoms. The summed E-state index contributed by atoms with van der Waals surface area (Å²) in [5, 5.41) is 2.92. The molecule has 0 aromatic heterocycles. The van der Waals surface area contributed by atoms with Crippen molar-refractivity contribution in [1.29, 1.82) is 0 Å². The highest BCUT2D eigenvalue weighted by Gasteiger charge is 2.28. The van der Waals surface area contributed by atoms with Crippen LogP contribution in [0.15, 0.2) is 12.2 Å². The van der Waals surface area contributed by atoms with E-state index >= 15 is 0 Å². The van der Waals surface area contributed by atoms with Gasteiger partial charge in [0.15, 0.2) is 0 Å². The highest BCUT2D eigenvalue weighted by molar-refractivity contribution is 6.13. The quantitative estimate of drug-likeness (QED) is 0.520. The van der Waals surface area contributed by atoms with E-state index in [2.05, 4.69) is 5.32 Å². The molecule has 1 rings (SSSR count). The maximum Gasteiger partial charge on any atom is 0.253 e. The van der Waals surface area contributed by atoms with Crippen molar-refractivity contribution < 1.29 is 23.9 Å². The minimum absolute atomic E-state index is 0.0566. The third-order valence-electron chi connectivity index (χ3n) is 4.13.